The van der Waals surface area contributed by atoms with Gasteiger partial charge in [0.25, 0.3) is 0 Å². The van der Waals surface area contributed by atoms with Gasteiger partial charge in [-0.05, 0) is 60.7 Å². The van der Waals surface area contributed by atoms with E-state index in [2.05, 4.69) is 0 Å². The first-order chi connectivity index (χ1) is 17.4. The zero-order valence-electron chi connectivity index (χ0n) is 18.8. The monoisotopic (exact) mass is 504 g/mol. The van der Waals surface area contributed by atoms with E-state index < -0.39 is 23.6 Å². The van der Waals surface area contributed by atoms with Crippen LogP contribution >= 0.6 is 11.8 Å². The third-order valence-electron chi connectivity index (χ3n) is 5.63. The van der Waals surface area contributed by atoms with E-state index in [1.165, 1.54) is 42.1 Å². The number of hydrogen-bond acceptors (Lipinski definition) is 9. The van der Waals surface area contributed by atoms with Gasteiger partial charge in [-0.3, -0.25) is 14.4 Å². The van der Waals surface area contributed by atoms with Gasteiger partial charge in [-0.25, -0.2) is 9.69 Å². The lowest BCUT2D eigenvalue weighted by Gasteiger charge is -2.15. The highest BCUT2D eigenvalue weighted by Gasteiger charge is 2.40. The van der Waals surface area contributed by atoms with Crippen LogP contribution in [0, 0.1) is 0 Å². The number of hydrogen-bond donors (Lipinski definition) is 1. The number of Topliss-reactive ketones (excluding diaryl/α,β-unsaturated/α-hetero) is 1. The minimum Gasteiger partial charge on any atom is -0.454 e. The van der Waals surface area contributed by atoms with Gasteiger partial charge in [0.1, 0.15) is 0 Å². The second-order valence-corrected chi connectivity index (χ2v) is 9.34. The lowest BCUT2D eigenvalue weighted by Crippen LogP contribution is -2.31. The van der Waals surface area contributed by atoms with Gasteiger partial charge in [0, 0.05) is 22.6 Å². The second kappa shape index (κ2) is 9.74. The average molecular weight is 505 g/mol. The number of fused-ring (bicyclic) bond motifs is 1. The third kappa shape index (κ3) is 4.76. The molecule has 1 fully saturated rings. The molecular weight excluding hydrogens is 484 g/mol. The van der Waals surface area contributed by atoms with Gasteiger partial charge >= 0.3 is 5.97 Å². The molecule has 9 nitrogen and oxygen atoms in total. The normalized spacial score (nSPS) is 16.3. The molecule has 0 aromatic heterocycles. The number of carbonyl (C=O) groups is 4. The first-order valence-corrected chi connectivity index (χ1v) is 11.9. The van der Waals surface area contributed by atoms with Gasteiger partial charge in [-0.2, -0.15) is 0 Å². The molecule has 2 heterocycles. The number of ketones is 1. The number of thioether (sulfide) groups is 1. The zero-order valence-corrected chi connectivity index (χ0v) is 19.7. The molecule has 2 aliphatic rings. The van der Waals surface area contributed by atoms with Crippen molar-refractivity contribution in [3.63, 3.8) is 0 Å². The highest BCUT2D eigenvalue weighted by molar-refractivity contribution is 8.00. The molecular formula is C26H20N2O7S. The van der Waals surface area contributed by atoms with Gasteiger partial charge in [-0.1, -0.05) is 6.07 Å². The highest BCUT2D eigenvalue weighted by atomic mass is 32.2. The van der Waals surface area contributed by atoms with Crippen LogP contribution in [0.2, 0.25) is 0 Å². The fourth-order valence-corrected chi connectivity index (χ4v) is 4.96. The Hall–Kier alpha value is -4.31. The number of imide groups is 1. The molecule has 3 aromatic carbocycles. The number of rotatable bonds is 7. The van der Waals surface area contributed by atoms with Crippen LogP contribution in [0.25, 0.3) is 0 Å². The lowest BCUT2D eigenvalue weighted by atomic mass is 10.1. The predicted octanol–water partition coefficient (Wildman–Crippen LogP) is 3.46. The topological polar surface area (TPSA) is 125 Å². The van der Waals surface area contributed by atoms with Gasteiger partial charge in [0.2, 0.25) is 18.6 Å². The fourth-order valence-electron chi connectivity index (χ4n) is 3.83. The summed E-state index contributed by atoms with van der Waals surface area (Å²) in [5, 5.41) is -0.564. The Morgan fingerprint density at radius 3 is 2.50 bits per heavy atom. The number of nitrogens with two attached hydrogens (primary N) is 1. The number of benzene rings is 3. The summed E-state index contributed by atoms with van der Waals surface area (Å²) in [5.74, 6) is -0.751. The molecule has 0 spiro atoms. The van der Waals surface area contributed by atoms with Crippen molar-refractivity contribution < 1.29 is 33.4 Å². The largest absolute Gasteiger partial charge is 0.454 e. The quantitative estimate of drug-likeness (QED) is 0.223. The molecule has 0 radical (unpaired) electrons. The minimum absolute atomic E-state index is 0.0596. The molecule has 182 valence electrons. The van der Waals surface area contributed by atoms with E-state index >= 15 is 0 Å². The molecule has 1 atom stereocenters. The maximum absolute atomic E-state index is 12.9. The fraction of sp³-hybridized carbons (Fsp3) is 0.154. The number of anilines is 2. The van der Waals surface area contributed by atoms with Crippen LogP contribution in [0.15, 0.2) is 71.6 Å². The molecule has 5 rings (SSSR count). The molecule has 0 aliphatic carbocycles. The predicted molar refractivity (Wildman–Crippen MR) is 131 cm³/mol. The maximum Gasteiger partial charge on any atom is 0.338 e. The van der Waals surface area contributed by atoms with Crippen LogP contribution in [0.5, 0.6) is 11.5 Å². The number of carbonyl (C=O) groups excluding carboxylic acids is 4. The Morgan fingerprint density at radius 2 is 1.72 bits per heavy atom. The van der Waals surface area contributed by atoms with Gasteiger partial charge in [0.05, 0.1) is 16.5 Å². The van der Waals surface area contributed by atoms with Crippen molar-refractivity contribution in [1.29, 1.82) is 0 Å². The maximum atomic E-state index is 12.9. The standard InChI is InChI=1S/C26H20N2O7S/c27-17-2-1-3-19(11-17)36-23-12-24(30)28(25(23)31)18-7-4-15(5-8-18)26(32)33-13-20(29)16-6-9-21-22(10-16)35-14-34-21/h1-11,23H,12-14,27H2/t23-/m1/s1. The van der Waals surface area contributed by atoms with E-state index in [1.54, 1.807) is 30.3 Å². The summed E-state index contributed by atoms with van der Waals surface area (Å²) in [5.41, 5.74) is 7.24. The van der Waals surface area contributed by atoms with E-state index in [4.69, 9.17) is 19.9 Å². The van der Waals surface area contributed by atoms with Crippen LogP contribution in [-0.2, 0) is 14.3 Å². The number of amides is 2. The molecule has 1 saturated heterocycles. The molecule has 36 heavy (non-hydrogen) atoms. The van der Waals surface area contributed by atoms with Crippen LogP contribution in [0.4, 0.5) is 11.4 Å². The van der Waals surface area contributed by atoms with E-state index in [1.807, 2.05) is 6.07 Å². The number of ether oxygens (including phenoxy) is 3. The van der Waals surface area contributed by atoms with Gasteiger partial charge in [0.15, 0.2) is 23.9 Å². The Morgan fingerprint density at radius 1 is 0.972 bits per heavy atom. The molecule has 0 bridgehead atoms. The molecule has 2 aliphatic heterocycles. The smallest absolute Gasteiger partial charge is 0.338 e. The average Bonchev–Trinajstić information content (AvgIpc) is 3.45. The van der Waals surface area contributed by atoms with Crippen molar-refractivity contribution in [3.05, 3.63) is 77.9 Å². The highest BCUT2D eigenvalue weighted by Crippen LogP contribution is 2.35. The summed E-state index contributed by atoms with van der Waals surface area (Å²) in [6.07, 6.45) is 0.0596. The van der Waals surface area contributed by atoms with Gasteiger partial charge in [-0.15, -0.1) is 11.8 Å². The Kier molecular flexibility index (Phi) is 6.34. The number of esters is 1. The Balaban J connectivity index is 1.20. The van der Waals surface area contributed by atoms with E-state index in [9.17, 15) is 19.2 Å². The summed E-state index contributed by atoms with van der Waals surface area (Å²) >= 11 is 1.28. The van der Waals surface area contributed by atoms with E-state index in [0.717, 1.165) is 9.80 Å². The summed E-state index contributed by atoms with van der Waals surface area (Å²) in [7, 11) is 0. The first-order valence-electron chi connectivity index (χ1n) is 11.0. The van der Waals surface area contributed by atoms with Gasteiger partial charge < -0.3 is 19.9 Å². The first kappa shape index (κ1) is 23.4. The molecule has 0 saturated carbocycles. The Labute approximate surface area is 210 Å². The van der Waals surface area contributed by atoms with Crippen molar-refractivity contribution in [2.45, 2.75) is 16.6 Å². The summed E-state index contributed by atoms with van der Waals surface area (Å²) in [4.78, 5) is 52.2. The van der Waals surface area contributed by atoms with Crippen molar-refractivity contribution in [1.82, 2.24) is 0 Å². The number of nitrogens with zero attached hydrogens (tertiary/aromatic N) is 1. The Bertz CT molecular complexity index is 1370. The van der Waals surface area contributed by atoms with Crippen molar-refractivity contribution in [2.24, 2.45) is 0 Å². The van der Waals surface area contributed by atoms with Crippen LogP contribution in [0.1, 0.15) is 27.1 Å². The van der Waals surface area contributed by atoms with Crippen LogP contribution < -0.4 is 20.1 Å². The van der Waals surface area contributed by atoms with Crippen LogP contribution in [-0.4, -0.2) is 42.2 Å². The van der Waals surface area contributed by atoms with E-state index in [-0.39, 0.29) is 30.6 Å². The minimum atomic E-state index is -0.704. The van der Waals surface area contributed by atoms with Crippen molar-refractivity contribution >= 4 is 46.7 Å². The SMILES string of the molecule is Nc1cccc(S[C@@H]2CC(=O)N(c3ccc(C(=O)OCC(=O)c4ccc5c(c4)OCO5)cc3)C2=O)c1. The molecule has 2 N–H and O–H groups in total. The molecule has 10 heteroatoms. The third-order valence-corrected chi connectivity index (χ3v) is 6.81. The summed E-state index contributed by atoms with van der Waals surface area (Å²) in [6.45, 7) is -0.361. The molecule has 0 unspecified atom stereocenters. The molecule has 2 amide bonds. The lowest BCUT2D eigenvalue weighted by molar-refractivity contribution is -0.121. The van der Waals surface area contributed by atoms with Crippen LogP contribution in [0.3, 0.4) is 0 Å². The summed E-state index contributed by atoms with van der Waals surface area (Å²) in [6, 6.07) is 17.7. The van der Waals surface area contributed by atoms with Crippen molar-refractivity contribution in [3.8, 4) is 11.5 Å². The second-order valence-electron chi connectivity index (χ2n) is 8.06. The van der Waals surface area contributed by atoms with Crippen molar-refractivity contribution in [2.75, 3.05) is 24.0 Å². The van der Waals surface area contributed by atoms with E-state index in [0.29, 0.717) is 28.4 Å². The number of nitrogen functional groups attached to an aromatic ring is 1. The zero-order chi connectivity index (χ0) is 25.2. The summed E-state index contributed by atoms with van der Waals surface area (Å²) < 4.78 is 15.6. The molecule has 3 aromatic rings.